The van der Waals surface area contributed by atoms with E-state index in [1.807, 2.05) is 42.5 Å². The molecule has 5 nitrogen and oxygen atoms in total. The van der Waals surface area contributed by atoms with E-state index in [2.05, 4.69) is 20.3 Å². The first-order valence-electron chi connectivity index (χ1n) is 6.97. The summed E-state index contributed by atoms with van der Waals surface area (Å²) in [6, 6.07) is 13.7. The fourth-order valence-electron chi connectivity index (χ4n) is 2.59. The van der Waals surface area contributed by atoms with Crippen LogP contribution >= 0.6 is 12.4 Å². The largest absolute Gasteiger partial charge is 0.497 e. The van der Waals surface area contributed by atoms with Gasteiger partial charge in [0.25, 0.3) is 0 Å². The number of nitrogens with zero attached hydrogens (tertiary/aromatic N) is 2. The van der Waals surface area contributed by atoms with Crippen molar-refractivity contribution in [2.45, 2.75) is 0 Å². The van der Waals surface area contributed by atoms with Crippen LogP contribution in [0.5, 0.6) is 5.75 Å². The van der Waals surface area contributed by atoms with Crippen molar-refractivity contribution in [3.63, 3.8) is 0 Å². The van der Waals surface area contributed by atoms with Crippen LogP contribution in [-0.4, -0.2) is 22.1 Å². The average molecular weight is 327 g/mol. The van der Waals surface area contributed by atoms with Crippen LogP contribution in [0.25, 0.3) is 21.9 Å². The van der Waals surface area contributed by atoms with Gasteiger partial charge in [0.15, 0.2) is 0 Å². The maximum Gasteiger partial charge on any atom is 0.119 e. The molecule has 0 saturated heterocycles. The number of ether oxygens (including phenoxy) is 1. The van der Waals surface area contributed by atoms with Crippen LogP contribution in [0.1, 0.15) is 0 Å². The first-order chi connectivity index (χ1) is 10.8. The molecular weight excluding hydrogens is 312 g/mol. The summed E-state index contributed by atoms with van der Waals surface area (Å²) >= 11 is 0. The van der Waals surface area contributed by atoms with Gasteiger partial charge in [-0.3, -0.25) is 4.98 Å². The predicted octanol–water partition coefficient (Wildman–Crippen LogP) is 4.29. The molecule has 0 aliphatic rings. The molecule has 0 amide bonds. The Kier molecular flexibility index (Phi) is 4.04. The molecule has 6 heteroatoms. The smallest absolute Gasteiger partial charge is 0.119 e. The van der Waals surface area contributed by atoms with Crippen LogP contribution in [0.2, 0.25) is 0 Å². The third kappa shape index (κ3) is 2.66. The van der Waals surface area contributed by atoms with Crippen molar-refractivity contribution in [1.82, 2.24) is 15.0 Å². The molecule has 0 unspecified atom stereocenters. The zero-order valence-corrected chi connectivity index (χ0v) is 13.2. The Morgan fingerprint density at radius 1 is 0.957 bits per heavy atom. The number of aromatic nitrogens is 3. The molecule has 4 rings (SSSR count). The van der Waals surface area contributed by atoms with Crippen molar-refractivity contribution in [3.05, 3.63) is 55.0 Å². The van der Waals surface area contributed by atoms with Crippen molar-refractivity contribution < 1.29 is 4.74 Å². The van der Waals surface area contributed by atoms with E-state index >= 15 is 0 Å². The number of methoxy groups -OCH3 is 1. The summed E-state index contributed by atoms with van der Waals surface area (Å²) < 4.78 is 5.19. The molecule has 0 fully saturated rings. The minimum atomic E-state index is 0. The van der Waals surface area contributed by atoms with E-state index < -0.39 is 0 Å². The van der Waals surface area contributed by atoms with Gasteiger partial charge >= 0.3 is 0 Å². The third-order valence-electron chi connectivity index (χ3n) is 3.67. The molecule has 0 radical (unpaired) electrons. The number of pyridine rings is 1. The molecule has 0 spiro atoms. The average Bonchev–Trinajstić information content (AvgIpc) is 3.04. The number of anilines is 2. The first kappa shape index (κ1) is 15.1. The highest BCUT2D eigenvalue weighted by atomic mass is 35.5. The SMILES string of the molecule is COc1ccc(Nc2ccnc3ccc4nc[nH]c4c23)cc1.Cl. The first-order valence-corrected chi connectivity index (χ1v) is 6.97. The molecule has 4 aromatic rings. The van der Waals surface area contributed by atoms with Gasteiger partial charge in [0, 0.05) is 17.3 Å². The highest BCUT2D eigenvalue weighted by Crippen LogP contribution is 2.30. The van der Waals surface area contributed by atoms with Gasteiger partial charge in [0.05, 0.1) is 35.7 Å². The Morgan fingerprint density at radius 3 is 2.52 bits per heavy atom. The number of aromatic amines is 1. The van der Waals surface area contributed by atoms with Crippen molar-refractivity contribution in [3.8, 4) is 5.75 Å². The molecule has 0 saturated carbocycles. The predicted molar refractivity (Wildman–Crippen MR) is 94.9 cm³/mol. The number of hydrogen-bond donors (Lipinski definition) is 2. The lowest BCUT2D eigenvalue weighted by molar-refractivity contribution is 0.415. The van der Waals surface area contributed by atoms with E-state index in [9.17, 15) is 0 Å². The second kappa shape index (κ2) is 6.14. The fraction of sp³-hybridized carbons (Fsp3) is 0.0588. The van der Waals surface area contributed by atoms with Gasteiger partial charge in [-0.2, -0.15) is 0 Å². The molecule has 116 valence electrons. The van der Waals surface area contributed by atoms with Gasteiger partial charge in [-0.15, -0.1) is 12.4 Å². The van der Waals surface area contributed by atoms with Gasteiger partial charge in [0.2, 0.25) is 0 Å². The zero-order valence-electron chi connectivity index (χ0n) is 12.4. The highest BCUT2D eigenvalue weighted by Gasteiger charge is 2.08. The summed E-state index contributed by atoms with van der Waals surface area (Å²) in [5, 5.41) is 4.47. The summed E-state index contributed by atoms with van der Waals surface area (Å²) in [4.78, 5) is 11.9. The van der Waals surface area contributed by atoms with Crippen molar-refractivity contribution in [2.24, 2.45) is 0 Å². The second-order valence-electron chi connectivity index (χ2n) is 4.97. The quantitative estimate of drug-likeness (QED) is 0.589. The van der Waals surface area contributed by atoms with E-state index in [-0.39, 0.29) is 12.4 Å². The van der Waals surface area contributed by atoms with E-state index in [1.54, 1.807) is 19.6 Å². The number of imidazole rings is 1. The molecule has 23 heavy (non-hydrogen) atoms. The van der Waals surface area contributed by atoms with Crippen LogP contribution in [0.15, 0.2) is 55.0 Å². The van der Waals surface area contributed by atoms with Gasteiger partial charge in [-0.25, -0.2) is 4.98 Å². The van der Waals surface area contributed by atoms with Crippen LogP contribution in [0.3, 0.4) is 0 Å². The summed E-state index contributed by atoms with van der Waals surface area (Å²) in [6.45, 7) is 0. The molecule has 0 aliphatic carbocycles. The topological polar surface area (TPSA) is 62.8 Å². The number of nitrogens with one attached hydrogen (secondary N) is 2. The Morgan fingerprint density at radius 2 is 1.74 bits per heavy atom. The van der Waals surface area contributed by atoms with E-state index in [1.165, 1.54) is 0 Å². The number of benzene rings is 2. The molecule has 2 N–H and O–H groups in total. The van der Waals surface area contributed by atoms with Crippen LogP contribution in [-0.2, 0) is 0 Å². The Balaban J connectivity index is 0.00000156. The zero-order chi connectivity index (χ0) is 14.9. The van der Waals surface area contributed by atoms with Gasteiger partial charge in [-0.1, -0.05) is 0 Å². The van der Waals surface area contributed by atoms with Gasteiger partial charge < -0.3 is 15.0 Å². The van der Waals surface area contributed by atoms with Crippen LogP contribution < -0.4 is 10.1 Å². The minimum Gasteiger partial charge on any atom is -0.497 e. The summed E-state index contributed by atoms with van der Waals surface area (Å²) in [5.41, 5.74) is 4.82. The normalized spacial score (nSPS) is 10.5. The minimum absolute atomic E-state index is 0. The number of hydrogen-bond acceptors (Lipinski definition) is 4. The van der Waals surface area contributed by atoms with Crippen molar-refractivity contribution in [2.75, 3.05) is 12.4 Å². The molecule has 0 bridgehead atoms. The number of H-pyrrole nitrogens is 1. The molecule has 2 aromatic carbocycles. The third-order valence-corrected chi connectivity index (χ3v) is 3.67. The molecule has 2 heterocycles. The summed E-state index contributed by atoms with van der Waals surface area (Å²) in [5.74, 6) is 0.834. The van der Waals surface area contributed by atoms with Crippen LogP contribution in [0.4, 0.5) is 11.4 Å². The van der Waals surface area contributed by atoms with Crippen molar-refractivity contribution >= 4 is 45.7 Å². The maximum absolute atomic E-state index is 5.19. The number of halogens is 1. The fourth-order valence-corrected chi connectivity index (χ4v) is 2.59. The Labute approximate surface area is 139 Å². The van der Waals surface area contributed by atoms with Crippen molar-refractivity contribution in [1.29, 1.82) is 0 Å². The van der Waals surface area contributed by atoms with E-state index in [0.29, 0.717) is 0 Å². The Hall–Kier alpha value is -2.79. The highest BCUT2D eigenvalue weighted by molar-refractivity contribution is 6.09. The summed E-state index contributed by atoms with van der Waals surface area (Å²) in [7, 11) is 1.66. The van der Waals surface area contributed by atoms with E-state index in [0.717, 1.165) is 39.1 Å². The van der Waals surface area contributed by atoms with Crippen LogP contribution in [0, 0.1) is 0 Å². The number of rotatable bonds is 3. The standard InChI is InChI=1S/C17H14N4O.ClH/c1-22-12-4-2-11(3-5-12)21-14-8-9-18-13-6-7-15-17(16(13)14)20-10-19-15;/h2-10H,1H3,(H,18,21)(H,19,20);1H. The Bertz CT molecular complexity index is 950. The number of fused-ring (bicyclic) bond motifs is 3. The van der Waals surface area contributed by atoms with E-state index in [4.69, 9.17) is 4.74 Å². The van der Waals surface area contributed by atoms with Gasteiger partial charge in [0.1, 0.15) is 5.75 Å². The monoisotopic (exact) mass is 326 g/mol. The molecule has 0 atom stereocenters. The lowest BCUT2D eigenvalue weighted by atomic mass is 10.1. The van der Waals surface area contributed by atoms with Gasteiger partial charge in [-0.05, 0) is 42.5 Å². The molecule has 0 aliphatic heterocycles. The lowest BCUT2D eigenvalue weighted by Crippen LogP contribution is -1.93. The molecular formula is C17H15ClN4O. The second-order valence-corrected chi connectivity index (χ2v) is 4.97. The molecule has 2 aromatic heterocycles. The maximum atomic E-state index is 5.19. The lowest BCUT2D eigenvalue weighted by Gasteiger charge is -2.10. The summed E-state index contributed by atoms with van der Waals surface area (Å²) in [6.07, 6.45) is 3.50.